The molecule has 0 saturated carbocycles. The van der Waals surface area contributed by atoms with Gasteiger partial charge in [0.1, 0.15) is 18.2 Å². The highest BCUT2D eigenvalue weighted by molar-refractivity contribution is 6.01. The molecule has 0 spiro atoms. The van der Waals surface area contributed by atoms with Crippen LogP contribution in [-0.4, -0.2) is 53.2 Å². The Morgan fingerprint density at radius 2 is 1.82 bits per heavy atom. The fraction of sp³-hybridized carbons (Fsp3) is 0.385. The number of fused-ring (bicyclic) bond motifs is 1. The van der Waals surface area contributed by atoms with Crippen molar-refractivity contribution in [3.05, 3.63) is 54.0 Å². The minimum Gasteiger partial charge on any atom is -0.508 e. The van der Waals surface area contributed by atoms with Crippen LogP contribution in [0.1, 0.15) is 37.3 Å². The zero-order valence-electron chi connectivity index (χ0n) is 18.6. The van der Waals surface area contributed by atoms with Crippen LogP contribution in [0.25, 0.3) is 21.9 Å². The number of aliphatic carboxylic acids is 1. The molecule has 5 rings (SSSR count). The van der Waals surface area contributed by atoms with Gasteiger partial charge < -0.3 is 24.4 Å². The first-order valence-electron chi connectivity index (χ1n) is 11.5. The number of hydrogen-bond donors (Lipinski definition) is 2. The van der Waals surface area contributed by atoms with E-state index in [9.17, 15) is 19.4 Å². The van der Waals surface area contributed by atoms with Gasteiger partial charge in [-0.25, -0.2) is 14.2 Å². The fourth-order valence-electron chi connectivity index (χ4n) is 4.77. The molecule has 2 aromatic carbocycles. The molecule has 2 N–H and O–H groups in total. The summed E-state index contributed by atoms with van der Waals surface area (Å²) < 4.78 is 30.9. The van der Waals surface area contributed by atoms with E-state index in [4.69, 9.17) is 19.2 Å². The molecule has 2 fully saturated rings. The van der Waals surface area contributed by atoms with E-state index < -0.39 is 12.1 Å². The van der Waals surface area contributed by atoms with Crippen LogP contribution >= 0.6 is 0 Å². The van der Waals surface area contributed by atoms with Crippen molar-refractivity contribution in [1.82, 2.24) is 4.98 Å². The van der Waals surface area contributed by atoms with Gasteiger partial charge in [-0.2, -0.15) is 0 Å². The Morgan fingerprint density at radius 1 is 1.06 bits per heavy atom. The smallest absolute Gasteiger partial charge is 0.332 e. The minimum absolute atomic E-state index is 0.0751. The molecule has 2 aliphatic heterocycles. The summed E-state index contributed by atoms with van der Waals surface area (Å²) in [5, 5.41) is 20.9. The van der Waals surface area contributed by atoms with E-state index >= 15 is 0 Å². The average Bonchev–Trinajstić information content (AvgIpc) is 3.33. The van der Waals surface area contributed by atoms with Gasteiger partial charge in [-0.1, -0.05) is 12.1 Å². The second kappa shape index (κ2) is 9.56. The lowest BCUT2D eigenvalue weighted by atomic mass is 9.87. The van der Waals surface area contributed by atoms with E-state index in [1.807, 2.05) is 6.07 Å². The van der Waals surface area contributed by atoms with Crippen molar-refractivity contribution in [2.45, 2.75) is 43.8 Å². The molecule has 0 bridgehead atoms. The molecule has 2 aliphatic rings. The van der Waals surface area contributed by atoms with Crippen molar-refractivity contribution in [3.63, 3.8) is 0 Å². The van der Waals surface area contributed by atoms with E-state index in [1.54, 1.807) is 24.3 Å². The van der Waals surface area contributed by atoms with Crippen LogP contribution in [0.5, 0.6) is 11.6 Å². The number of aromatic hydroxyl groups is 1. The van der Waals surface area contributed by atoms with Crippen molar-refractivity contribution >= 4 is 16.7 Å². The van der Waals surface area contributed by atoms with Crippen molar-refractivity contribution in [1.29, 1.82) is 0 Å². The molecule has 3 heterocycles. The van der Waals surface area contributed by atoms with Crippen LogP contribution in [0, 0.1) is 5.82 Å². The summed E-state index contributed by atoms with van der Waals surface area (Å²) in [6, 6.07) is 11.4. The predicted molar refractivity (Wildman–Crippen MR) is 123 cm³/mol. The highest BCUT2D eigenvalue weighted by Gasteiger charge is 2.31. The normalized spacial score (nSPS) is 21.1. The van der Waals surface area contributed by atoms with Gasteiger partial charge in [0, 0.05) is 30.1 Å². The maximum absolute atomic E-state index is 13.7. The summed E-state index contributed by atoms with van der Waals surface area (Å²) in [7, 11) is 0. The van der Waals surface area contributed by atoms with E-state index in [1.165, 1.54) is 12.1 Å². The van der Waals surface area contributed by atoms with Crippen LogP contribution < -0.4 is 4.74 Å². The molecule has 2 unspecified atom stereocenters. The Labute approximate surface area is 196 Å². The number of phenols is 1. The third-order valence-electron chi connectivity index (χ3n) is 6.51. The zero-order chi connectivity index (χ0) is 23.7. The third-order valence-corrected chi connectivity index (χ3v) is 6.51. The lowest BCUT2D eigenvalue weighted by molar-refractivity contribution is -0.149. The number of phenolic OH excluding ortho intramolecular Hbond substituents is 1. The molecular weight excluding hydrogens is 441 g/mol. The van der Waals surface area contributed by atoms with Crippen molar-refractivity contribution < 1.29 is 33.6 Å². The average molecular weight is 467 g/mol. The monoisotopic (exact) mass is 467 g/mol. The van der Waals surface area contributed by atoms with Crippen LogP contribution in [-0.2, 0) is 14.3 Å². The van der Waals surface area contributed by atoms with Gasteiger partial charge in [0.15, 0.2) is 6.10 Å². The van der Waals surface area contributed by atoms with Crippen LogP contribution in [0.2, 0.25) is 0 Å². The molecule has 34 heavy (non-hydrogen) atoms. The van der Waals surface area contributed by atoms with Gasteiger partial charge in [0.25, 0.3) is 0 Å². The first-order valence-corrected chi connectivity index (χ1v) is 11.5. The topological polar surface area (TPSA) is 98.1 Å². The summed E-state index contributed by atoms with van der Waals surface area (Å²) >= 11 is 0. The number of carboxylic acid groups (broad SMARTS) is 1. The summed E-state index contributed by atoms with van der Waals surface area (Å²) in [4.78, 5) is 16.1. The number of benzene rings is 2. The number of nitrogens with zero attached hydrogens (tertiary/aromatic N) is 1. The molecule has 3 aromatic rings. The number of carboxylic acids is 1. The first kappa shape index (κ1) is 22.6. The predicted octanol–water partition coefficient (Wildman–Crippen LogP) is 4.65. The second-order valence-electron chi connectivity index (χ2n) is 8.77. The Morgan fingerprint density at radius 3 is 2.53 bits per heavy atom. The van der Waals surface area contributed by atoms with Gasteiger partial charge in [0.2, 0.25) is 5.88 Å². The number of halogens is 1. The standard InChI is InChI=1S/C26H26FNO6/c27-17-3-1-15(2-4-17)23-20-7-5-18(29)13-21(20)25(28-24(23)16-9-11-32-12-10-16)33-14-19-6-8-22(34-19)26(30)31/h1-5,7,13,16,19,22,29H,6,8-12,14H2,(H,30,31). The Balaban J connectivity index is 1.58. The first-order chi connectivity index (χ1) is 16.5. The Hall–Kier alpha value is -3.23. The molecule has 1 aromatic heterocycles. The molecule has 178 valence electrons. The summed E-state index contributed by atoms with van der Waals surface area (Å²) in [6.45, 7) is 1.42. The molecule has 0 aliphatic carbocycles. The van der Waals surface area contributed by atoms with Gasteiger partial charge in [0.05, 0.1) is 11.8 Å². The molecule has 7 nitrogen and oxygen atoms in total. The SMILES string of the molecule is O=C(O)C1CCC(COc2nc(C3CCOCC3)c(-c3ccc(F)cc3)c3ccc(O)cc23)O1. The minimum atomic E-state index is -0.971. The van der Waals surface area contributed by atoms with Gasteiger partial charge >= 0.3 is 5.97 Å². The maximum atomic E-state index is 13.7. The molecule has 8 heteroatoms. The fourth-order valence-corrected chi connectivity index (χ4v) is 4.77. The largest absolute Gasteiger partial charge is 0.508 e. The summed E-state index contributed by atoms with van der Waals surface area (Å²) in [5.74, 6) is -0.718. The van der Waals surface area contributed by atoms with Crippen LogP contribution in [0.3, 0.4) is 0 Å². The van der Waals surface area contributed by atoms with E-state index in [0.717, 1.165) is 35.0 Å². The molecule has 2 atom stereocenters. The number of pyridine rings is 1. The van der Waals surface area contributed by atoms with Crippen LogP contribution in [0.15, 0.2) is 42.5 Å². The Kier molecular flexibility index (Phi) is 6.34. The number of aromatic nitrogens is 1. The van der Waals surface area contributed by atoms with Crippen molar-refractivity contribution in [2.75, 3.05) is 19.8 Å². The summed E-state index contributed by atoms with van der Waals surface area (Å²) in [5.41, 5.74) is 2.57. The van der Waals surface area contributed by atoms with Crippen molar-refractivity contribution in [2.24, 2.45) is 0 Å². The highest BCUT2D eigenvalue weighted by Crippen LogP contribution is 2.42. The van der Waals surface area contributed by atoms with Gasteiger partial charge in [-0.15, -0.1) is 0 Å². The number of rotatable bonds is 6. The molecule has 0 amide bonds. The highest BCUT2D eigenvalue weighted by atomic mass is 19.1. The number of hydrogen-bond acceptors (Lipinski definition) is 6. The van der Waals surface area contributed by atoms with E-state index in [0.29, 0.717) is 37.3 Å². The molecular formula is C26H26FNO6. The van der Waals surface area contributed by atoms with E-state index in [-0.39, 0.29) is 30.2 Å². The quantitative estimate of drug-likeness (QED) is 0.544. The second-order valence-corrected chi connectivity index (χ2v) is 8.77. The van der Waals surface area contributed by atoms with Crippen molar-refractivity contribution in [3.8, 4) is 22.8 Å². The zero-order valence-corrected chi connectivity index (χ0v) is 18.6. The summed E-state index contributed by atoms with van der Waals surface area (Å²) in [6.07, 6.45) is 1.46. The Bertz CT molecular complexity index is 1190. The third kappa shape index (κ3) is 4.56. The van der Waals surface area contributed by atoms with Crippen LogP contribution in [0.4, 0.5) is 4.39 Å². The lowest BCUT2D eigenvalue weighted by Gasteiger charge is -2.26. The molecule has 2 saturated heterocycles. The lowest BCUT2D eigenvalue weighted by Crippen LogP contribution is -2.24. The maximum Gasteiger partial charge on any atom is 0.332 e. The number of carbonyl (C=O) groups is 1. The number of ether oxygens (including phenoxy) is 3. The molecule has 0 radical (unpaired) electrons. The van der Waals surface area contributed by atoms with Gasteiger partial charge in [-0.3, -0.25) is 0 Å². The van der Waals surface area contributed by atoms with Gasteiger partial charge in [-0.05, 0) is 67.0 Å². The van der Waals surface area contributed by atoms with E-state index in [2.05, 4.69) is 0 Å².